The van der Waals surface area contributed by atoms with E-state index in [1.54, 1.807) is 12.1 Å². The van der Waals surface area contributed by atoms with E-state index >= 15 is 0 Å². The van der Waals surface area contributed by atoms with Gasteiger partial charge >= 0.3 is 0 Å². The lowest BCUT2D eigenvalue weighted by Crippen LogP contribution is -2.30. The Labute approximate surface area is 175 Å². The molecule has 29 heavy (non-hydrogen) atoms. The molecule has 0 heterocycles. The number of anilines is 1. The Morgan fingerprint density at radius 2 is 1.59 bits per heavy atom. The number of rotatable bonds is 6. The summed E-state index contributed by atoms with van der Waals surface area (Å²) in [6, 6.07) is 26.3. The van der Waals surface area contributed by atoms with Gasteiger partial charge in [0.1, 0.15) is 11.6 Å². The van der Waals surface area contributed by atoms with E-state index in [-0.39, 0.29) is 11.6 Å². The molecule has 0 saturated carbocycles. The van der Waals surface area contributed by atoms with Gasteiger partial charge in [-0.25, -0.2) is 0 Å². The van der Waals surface area contributed by atoms with Crippen molar-refractivity contribution >= 4 is 23.2 Å². The van der Waals surface area contributed by atoms with Crippen molar-refractivity contribution in [1.29, 1.82) is 5.26 Å². The molecule has 144 valence electrons. The molecule has 2 N–H and O–H groups in total. The Morgan fingerprint density at radius 3 is 2.14 bits per heavy atom. The van der Waals surface area contributed by atoms with Crippen LogP contribution in [-0.4, -0.2) is 5.91 Å². The fraction of sp³-hybridized carbons (Fsp3) is 0.0833. The average molecular weight is 402 g/mol. The molecule has 0 unspecified atom stereocenters. The zero-order valence-electron chi connectivity index (χ0n) is 15.9. The summed E-state index contributed by atoms with van der Waals surface area (Å²) < 4.78 is 0. The Kier molecular flexibility index (Phi) is 6.67. The number of aryl methyl sites for hydroxylation is 1. The fourth-order valence-electron chi connectivity index (χ4n) is 2.91. The van der Waals surface area contributed by atoms with Gasteiger partial charge in [0.25, 0.3) is 5.91 Å². The SMILES string of the molecule is Cc1ccc(Cl)cc1N/C=C(/C#N)C(=O)NC(c1ccccc1)c1ccccc1. The Bertz CT molecular complexity index is 1020. The van der Waals surface area contributed by atoms with Gasteiger partial charge in [0.15, 0.2) is 0 Å². The molecule has 3 aromatic carbocycles. The highest BCUT2D eigenvalue weighted by atomic mass is 35.5. The first kappa shape index (κ1) is 20.2. The van der Waals surface area contributed by atoms with Crippen LogP contribution in [0, 0.1) is 18.3 Å². The number of nitrogens with one attached hydrogen (secondary N) is 2. The monoisotopic (exact) mass is 401 g/mol. The predicted molar refractivity (Wildman–Crippen MR) is 116 cm³/mol. The number of benzene rings is 3. The van der Waals surface area contributed by atoms with Gasteiger partial charge in [-0.1, -0.05) is 78.3 Å². The van der Waals surface area contributed by atoms with Crippen molar-refractivity contribution in [2.45, 2.75) is 13.0 Å². The lowest BCUT2D eigenvalue weighted by atomic mass is 9.98. The molecule has 0 fully saturated rings. The van der Waals surface area contributed by atoms with E-state index in [0.29, 0.717) is 5.02 Å². The molecule has 0 aromatic heterocycles. The minimum atomic E-state index is -0.461. The van der Waals surface area contributed by atoms with Gasteiger partial charge in [-0.3, -0.25) is 4.79 Å². The molecule has 0 aliphatic heterocycles. The molecule has 0 aliphatic carbocycles. The summed E-state index contributed by atoms with van der Waals surface area (Å²) in [4.78, 5) is 12.8. The van der Waals surface area contributed by atoms with Gasteiger partial charge in [0, 0.05) is 16.9 Å². The van der Waals surface area contributed by atoms with Crippen molar-refractivity contribution < 1.29 is 4.79 Å². The zero-order chi connectivity index (χ0) is 20.6. The van der Waals surface area contributed by atoms with Gasteiger partial charge in [-0.15, -0.1) is 0 Å². The quantitative estimate of drug-likeness (QED) is 0.431. The number of hydrogen-bond donors (Lipinski definition) is 2. The molecule has 4 nitrogen and oxygen atoms in total. The van der Waals surface area contributed by atoms with E-state index in [1.807, 2.05) is 79.7 Å². The molecular weight excluding hydrogens is 382 g/mol. The van der Waals surface area contributed by atoms with Crippen molar-refractivity contribution in [3.8, 4) is 6.07 Å². The Balaban J connectivity index is 1.84. The second kappa shape index (κ2) is 9.59. The number of carbonyl (C=O) groups is 1. The largest absolute Gasteiger partial charge is 0.360 e. The molecule has 0 radical (unpaired) electrons. The van der Waals surface area contributed by atoms with Crippen LogP contribution in [0.3, 0.4) is 0 Å². The maximum absolute atomic E-state index is 12.8. The van der Waals surface area contributed by atoms with Crippen molar-refractivity contribution in [2.24, 2.45) is 0 Å². The maximum atomic E-state index is 12.8. The topological polar surface area (TPSA) is 64.9 Å². The molecule has 5 heteroatoms. The van der Waals surface area contributed by atoms with E-state index in [2.05, 4.69) is 10.6 Å². The van der Waals surface area contributed by atoms with E-state index in [1.165, 1.54) is 6.20 Å². The number of nitrogens with zero attached hydrogens (tertiary/aromatic N) is 1. The second-order valence-electron chi connectivity index (χ2n) is 6.50. The standard InChI is InChI=1S/C24H20ClN3O/c1-17-12-13-21(25)14-22(17)27-16-20(15-26)24(29)28-23(18-8-4-2-5-9-18)19-10-6-3-7-11-19/h2-14,16,23,27H,1H3,(H,28,29)/b20-16-. The first-order chi connectivity index (χ1) is 14.1. The summed E-state index contributed by atoms with van der Waals surface area (Å²) in [6.45, 7) is 1.92. The van der Waals surface area contributed by atoms with Crippen LogP contribution in [0.5, 0.6) is 0 Å². The fourth-order valence-corrected chi connectivity index (χ4v) is 3.08. The van der Waals surface area contributed by atoms with Crippen LogP contribution < -0.4 is 10.6 Å². The molecule has 0 bridgehead atoms. The first-order valence-electron chi connectivity index (χ1n) is 9.12. The third-order valence-electron chi connectivity index (χ3n) is 4.48. The summed E-state index contributed by atoms with van der Waals surface area (Å²) in [7, 11) is 0. The molecule has 0 saturated heterocycles. The number of nitriles is 1. The number of amides is 1. The van der Waals surface area contributed by atoms with Gasteiger partial charge in [-0.2, -0.15) is 5.26 Å². The lowest BCUT2D eigenvalue weighted by molar-refractivity contribution is -0.117. The third-order valence-corrected chi connectivity index (χ3v) is 4.71. The highest BCUT2D eigenvalue weighted by Gasteiger charge is 2.19. The molecule has 0 atom stereocenters. The van der Waals surface area contributed by atoms with Crippen LogP contribution in [0.2, 0.25) is 5.02 Å². The summed E-state index contributed by atoms with van der Waals surface area (Å²) in [6.07, 6.45) is 1.40. The molecular formula is C24H20ClN3O. The molecule has 3 rings (SSSR count). The smallest absolute Gasteiger partial charge is 0.264 e. The van der Waals surface area contributed by atoms with Gasteiger partial charge in [0.2, 0.25) is 0 Å². The van der Waals surface area contributed by atoms with Crippen LogP contribution in [-0.2, 0) is 4.79 Å². The molecule has 1 amide bonds. The highest BCUT2D eigenvalue weighted by molar-refractivity contribution is 6.30. The van der Waals surface area contributed by atoms with Gasteiger partial charge < -0.3 is 10.6 Å². The lowest BCUT2D eigenvalue weighted by Gasteiger charge is -2.19. The van der Waals surface area contributed by atoms with Crippen LogP contribution in [0.25, 0.3) is 0 Å². The van der Waals surface area contributed by atoms with Crippen LogP contribution in [0.1, 0.15) is 22.7 Å². The highest BCUT2D eigenvalue weighted by Crippen LogP contribution is 2.23. The molecule has 0 spiro atoms. The van der Waals surface area contributed by atoms with Gasteiger partial charge in [-0.05, 0) is 35.7 Å². The maximum Gasteiger partial charge on any atom is 0.264 e. The summed E-state index contributed by atoms with van der Waals surface area (Å²) in [5.41, 5.74) is 3.53. The second-order valence-corrected chi connectivity index (χ2v) is 6.94. The number of carbonyl (C=O) groups excluding carboxylic acids is 1. The number of halogens is 1. The van der Waals surface area contributed by atoms with E-state index in [0.717, 1.165) is 22.4 Å². The predicted octanol–water partition coefficient (Wildman–Crippen LogP) is 5.37. The average Bonchev–Trinajstić information content (AvgIpc) is 2.76. The molecule has 0 aliphatic rings. The van der Waals surface area contributed by atoms with Crippen molar-refractivity contribution in [1.82, 2.24) is 5.32 Å². The minimum absolute atomic E-state index is 0.0266. The van der Waals surface area contributed by atoms with E-state index in [9.17, 15) is 10.1 Å². The van der Waals surface area contributed by atoms with Crippen molar-refractivity contribution in [2.75, 3.05) is 5.32 Å². The van der Waals surface area contributed by atoms with Crippen LogP contribution in [0.15, 0.2) is 90.6 Å². The van der Waals surface area contributed by atoms with E-state index < -0.39 is 5.91 Å². The third kappa shape index (κ3) is 5.25. The van der Waals surface area contributed by atoms with Gasteiger partial charge in [0.05, 0.1) is 6.04 Å². The Hall–Kier alpha value is -3.55. The minimum Gasteiger partial charge on any atom is -0.360 e. The number of hydrogen-bond acceptors (Lipinski definition) is 3. The van der Waals surface area contributed by atoms with Crippen molar-refractivity contribution in [3.05, 3.63) is 112 Å². The summed E-state index contributed by atoms with van der Waals surface area (Å²) in [5, 5.41) is 16.1. The van der Waals surface area contributed by atoms with Crippen LogP contribution in [0.4, 0.5) is 5.69 Å². The van der Waals surface area contributed by atoms with Crippen LogP contribution >= 0.6 is 11.6 Å². The normalized spacial score (nSPS) is 11.0. The Morgan fingerprint density at radius 1 is 1.00 bits per heavy atom. The summed E-state index contributed by atoms with van der Waals surface area (Å²) in [5.74, 6) is -0.461. The van der Waals surface area contributed by atoms with E-state index in [4.69, 9.17) is 11.6 Å². The molecule has 3 aromatic rings. The van der Waals surface area contributed by atoms with Crippen molar-refractivity contribution in [3.63, 3.8) is 0 Å². The zero-order valence-corrected chi connectivity index (χ0v) is 16.6. The summed E-state index contributed by atoms with van der Waals surface area (Å²) >= 11 is 6.03. The first-order valence-corrected chi connectivity index (χ1v) is 9.50.